The smallest absolute Gasteiger partial charge is 0.387 e. The van der Waals surface area contributed by atoms with Crippen LogP contribution >= 0.6 is 7.82 Å². The second-order valence-electron chi connectivity index (χ2n) is 25.2. The zero-order chi connectivity index (χ0) is 62.6. The van der Waals surface area contributed by atoms with Crippen molar-refractivity contribution in [3.05, 3.63) is 122 Å². The molecular formula is C77H138N2O6P+. The fraction of sp³-hybridized carbons (Fsp3) is 0.727. The average molecular weight is 1220 g/mol. The van der Waals surface area contributed by atoms with Crippen molar-refractivity contribution in [2.75, 3.05) is 40.9 Å². The molecule has 0 aliphatic rings. The van der Waals surface area contributed by atoms with Crippen molar-refractivity contribution in [1.29, 1.82) is 0 Å². The molecule has 9 heteroatoms. The van der Waals surface area contributed by atoms with Crippen LogP contribution in [0.25, 0.3) is 0 Å². The first-order valence-corrected chi connectivity index (χ1v) is 37.4. The van der Waals surface area contributed by atoms with Crippen LogP contribution in [0.4, 0.5) is 0 Å². The standard InChI is InChI=1S/C77H137N2O6P/c1-6-8-10-12-14-16-18-20-22-24-26-28-30-32-34-36-37-38-39-40-41-43-45-47-49-51-53-55-57-59-61-63-65-67-69-71-77(81)78-75(74-85-86(82,83)84-73-72-79(3,4)5)76(80)70-68-66-64-62-60-58-56-54-52-50-48-46-44-42-35-33-31-29-27-25-23-21-19-17-15-13-11-9-7-2/h8,10,14,16,20,22,26,28,32,34,37-38,40-41,52,54,60,62,68,70,75-76,80H,6-7,9,11-13,15,17-19,21,23-25,27,29-31,33,35-36,39,42-51,53,55-59,61,63-67,69,71-74H2,1-5H3,(H-,78,81,82,83)/p+1/b10-8-,16-14-,22-20-,28-26-,34-32-,38-37-,41-40-,54-52+,62-60+,70-68+. The lowest BCUT2D eigenvalue weighted by Crippen LogP contribution is -2.45. The Kier molecular flexibility index (Phi) is 63.9. The number of rotatable bonds is 65. The summed E-state index contributed by atoms with van der Waals surface area (Å²) in [6.07, 6.45) is 99.3. The van der Waals surface area contributed by atoms with Gasteiger partial charge in [0.25, 0.3) is 0 Å². The van der Waals surface area contributed by atoms with Gasteiger partial charge in [-0.15, -0.1) is 0 Å². The largest absolute Gasteiger partial charge is 0.472 e. The quantitative estimate of drug-likeness (QED) is 0.0243. The fourth-order valence-electron chi connectivity index (χ4n) is 10.1. The average Bonchev–Trinajstić information content (AvgIpc) is 3.70. The van der Waals surface area contributed by atoms with E-state index >= 15 is 0 Å². The lowest BCUT2D eigenvalue weighted by Gasteiger charge is -2.25. The number of carbonyl (C=O) groups excluding carboxylic acids is 1. The van der Waals surface area contributed by atoms with Gasteiger partial charge < -0.3 is 19.8 Å². The van der Waals surface area contributed by atoms with Crippen LogP contribution in [0.2, 0.25) is 0 Å². The molecule has 0 aliphatic carbocycles. The lowest BCUT2D eigenvalue weighted by atomic mass is 10.0. The van der Waals surface area contributed by atoms with Gasteiger partial charge in [0.2, 0.25) is 5.91 Å². The number of unbranched alkanes of at least 4 members (excludes halogenated alkanes) is 34. The summed E-state index contributed by atoms with van der Waals surface area (Å²) in [5.41, 5.74) is 0. The third-order valence-electron chi connectivity index (χ3n) is 15.6. The summed E-state index contributed by atoms with van der Waals surface area (Å²) in [6.45, 7) is 4.69. The maximum atomic E-state index is 13.1. The molecule has 0 aromatic heterocycles. The van der Waals surface area contributed by atoms with Crippen molar-refractivity contribution >= 4 is 13.7 Å². The molecule has 0 aliphatic heterocycles. The van der Waals surface area contributed by atoms with Crippen molar-refractivity contribution in [3.63, 3.8) is 0 Å². The molecular weight excluding hydrogens is 1080 g/mol. The molecule has 3 N–H and O–H groups in total. The molecule has 496 valence electrons. The van der Waals surface area contributed by atoms with E-state index in [-0.39, 0.29) is 19.1 Å². The van der Waals surface area contributed by atoms with Gasteiger partial charge in [-0.05, 0) is 103 Å². The van der Waals surface area contributed by atoms with E-state index in [1.54, 1.807) is 6.08 Å². The number of nitrogens with zero attached hydrogens (tertiary/aromatic N) is 1. The molecule has 0 saturated carbocycles. The normalized spacial score (nSPS) is 14.4. The number of aliphatic hydroxyl groups excluding tert-OH is 1. The number of aliphatic hydroxyl groups is 1. The van der Waals surface area contributed by atoms with E-state index in [1.165, 1.54) is 199 Å². The maximum absolute atomic E-state index is 13.1. The Balaban J connectivity index is 4.15. The first-order chi connectivity index (χ1) is 42.0. The van der Waals surface area contributed by atoms with Crippen LogP contribution in [0.5, 0.6) is 0 Å². The van der Waals surface area contributed by atoms with Crippen molar-refractivity contribution < 1.29 is 32.9 Å². The van der Waals surface area contributed by atoms with Crippen molar-refractivity contribution in [2.24, 2.45) is 0 Å². The Bertz CT molecular complexity index is 1820. The number of hydrogen-bond donors (Lipinski definition) is 3. The number of likely N-dealkylation sites (N-methyl/N-ethyl adjacent to an activating group) is 1. The minimum absolute atomic E-state index is 0.0486. The summed E-state index contributed by atoms with van der Waals surface area (Å²) in [7, 11) is 1.54. The zero-order valence-corrected chi connectivity index (χ0v) is 57.7. The van der Waals surface area contributed by atoms with E-state index in [4.69, 9.17) is 9.05 Å². The molecule has 0 spiro atoms. The first kappa shape index (κ1) is 82.9. The molecule has 0 fully saturated rings. The molecule has 0 radical (unpaired) electrons. The molecule has 0 saturated heterocycles. The molecule has 3 atom stereocenters. The number of quaternary nitrogens is 1. The summed E-state index contributed by atoms with van der Waals surface area (Å²) in [4.78, 5) is 23.4. The molecule has 86 heavy (non-hydrogen) atoms. The highest BCUT2D eigenvalue weighted by molar-refractivity contribution is 7.47. The Morgan fingerprint density at radius 3 is 1.07 bits per heavy atom. The third kappa shape index (κ3) is 68.4. The van der Waals surface area contributed by atoms with Crippen LogP contribution in [-0.2, 0) is 18.4 Å². The predicted molar refractivity (Wildman–Crippen MR) is 378 cm³/mol. The molecule has 3 unspecified atom stereocenters. The maximum Gasteiger partial charge on any atom is 0.472 e. The molecule has 0 aromatic carbocycles. The second kappa shape index (κ2) is 66.3. The van der Waals surface area contributed by atoms with Gasteiger partial charge in [-0.2, -0.15) is 0 Å². The molecule has 1 amide bonds. The van der Waals surface area contributed by atoms with E-state index in [1.807, 2.05) is 27.2 Å². The first-order valence-electron chi connectivity index (χ1n) is 35.9. The van der Waals surface area contributed by atoms with Gasteiger partial charge in [-0.25, -0.2) is 4.57 Å². The van der Waals surface area contributed by atoms with Gasteiger partial charge in [0, 0.05) is 6.42 Å². The molecule has 0 aromatic rings. The van der Waals surface area contributed by atoms with E-state index < -0.39 is 20.0 Å². The Hall–Kier alpha value is -3.10. The monoisotopic (exact) mass is 1220 g/mol. The van der Waals surface area contributed by atoms with Crippen molar-refractivity contribution in [3.8, 4) is 0 Å². The highest BCUT2D eigenvalue weighted by Gasteiger charge is 2.28. The highest BCUT2D eigenvalue weighted by Crippen LogP contribution is 2.43. The van der Waals surface area contributed by atoms with Crippen LogP contribution in [-0.4, -0.2) is 73.4 Å². The number of carbonyl (C=O) groups is 1. The minimum atomic E-state index is -4.37. The molecule has 8 nitrogen and oxygen atoms in total. The van der Waals surface area contributed by atoms with E-state index in [2.05, 4.69) is 129 Å². The minimum Gasteiger partial charge on any atom is -0.387 e. The Labute approximate surface area is 533 Å². The summed E-state index contributed by atoms with van der Waals surface area (Å²) in [5.74, 6) is -0.194. The van der Waals surface area contributed by atoms with Gasteiger partial charge in [-0.1, -0.05) is 322 Å². The number of phosphoric acid groups is 1. The van der Waals surface area contributed by atoms with Crippen LogP contribution in [0, 0.1) is 0 Å². The number of phosphoric ester groups is 1. The zero-order valence-electron chi connectivity index (χ0n) is 56.8. The Morgan fingerprint density at radius 2 is 0.709 bits per heavy atom. The fourth-order valence-corrected chi connectivity index (χ4v) is 10.9. The SMILES string of the molecule is CC/C=C\C/C=C\C/C=C\C/C=C\C/C=C\C/C=C\C/C=C\CCCCCCCCCCCCCCCC(=O)NC(COP(=O)(O)OCC[N+](C)(C)C)C(O)/C=C/CC/C=C/CC/C=C/CCCCCCCCCCCCCCCCCCCCC. The topological polar surface area (TPSA) is 105 Å². The lowest BCUT2D eigenvalue weighted by molar-refractivity contribution is -0.870. The van der Waals surface area contributed by atoms with Gasteiger partial charge >= 0.3 is 7.82 Å². The summed E-state index contributed by atoms with van der Waals surface area (Å²) < 4.78 is 23.8. The second-order valence-corrected chi connectivity index (χ2v) is 26.7. The summed E-state index contributed by atoms with van der Waals surface area (Å²) >= 11 is 0. The van der Waals surface area contributed by atoms with Crippen LogP contribution < -0.4 is 5.32 Å². The van der Waals surface area contributed by atoms with Crippen molar-refractivity contribution in [1.82, 2.24) is 5.32 Å². The van der Waals surface area contributed by atoms with Crippen LogP contribution in [0.3, 0.4) is 0 Å². The molecule has 0 bridgehead atoms. The number of nitrogens with one attached hydrogen (secondary N) is 1. The van der Waals surface area contributed by atoms with Crippen molar-refractivity contribution in [2.45, 2.75) is 321 Å². The van der Waals surface area contributed by atoms with Gasteiger partial charge in [0.05, 0.1) is 39.9 Å². The van der Waals surface area contributed by atoms with E-state index in [0.29, 0.717) is 17.4 Å². The number of amides is 1. The van der Waals surface area contributed by atoms with Gasteiger partial charge in [0.15, 0.2) is 0 Å². The predicted octanol–water partition coefficient (Wildman–Crippen LogP) is 23.2. The highest BCUT2D eigenvalue weighted by atomic mass is 31.2. The summed E-state index contributed by atoms with van der Waals surface area (Å²) in [5, 5.41) is 14.0. The van der Waals surface area contributed by atoms with Gasteiger partial charge in [-0.3, -0.25) is 13.8 Å². The van der Waals surface area contributed by atoms with E-state index in [9.17, 15) is 19.4 Å². The molecule has 0 heterocycles. The third-order valence-corrected chi connectivity index (χ3v) is 16.6. The van der Waals surface area contributed by atoms with E-state index in [0.717, 1.165) is 89.9 Å². The molecule has 0 rings (SSSR count). The summed E-state index contributed by atoms with van der Waals surface area (Å²) in [6, 6.07) is -0.880. The van der Waals surface area contributed by atoms with Crippen LogP contribution in [0.15, 0.2) is 122 Å². The number of hydrogen-bond acceptors (Lipinski definition) is 5. The number of allylic oxidation sites excluding steroid dienone is 19. The van der Waals surface area contributed by atoms with Crippen LogP contribution in [0.1, 0.15) is 309 Å². The van der Waals surface area contributed by atoms with Gasteiger partial charge in [0.1, 0.15) is 13.2 Å². The Morgan fingerprint density at radius 1 is 0.407 bits per heavy atom.